The van der Waals surface area contributed by atoms with Crippen LogP contribution in [0.15, 0.2) is 35.2 Å². The number of nitrogens with zero attached hydrogens (tertiary/aromatic N) is 1. The molecule has 0 aliphatic carbocycles. The molecular formula is C18H24N2O5S. The number of aliphatic hydroxyl groups is 1. The number of carbonyl (C=O) groups excluding carboxylic acids is 1. The van der Waals surface area contributed by atoms with Gasteiger partial charge >= 0.3 is 5.97 Å². The second-order valence-corrected chi connectivity index (χ2v) is 7.72. The van der Waals surface area contributed by atoms with Gasteiger partial charge < -0.3 is 14.8 Å². The lowest BCUT2D eigenvalue weighted by molar-refractivity contribution is 0.0519. The molecule has 0 bridgehead atoms. The van der Waals surface area contributed by atoms with Crippen LogP contribution in [0.1, 0.15) is 34.2 Å². The molecule has 1 aromatic carbocycles. The van der Waals surface area contributed by atoms with Crippen molar-refractivity contribution in [2.24, 2.45) is 0 Å². The van der Waals surface area contributed by atoms with Gasteiger partial charge in [0, 0.05) is 24.3 Å². The quantitative estimate of drug-likeness (QED) is 0.682. The van der Waals surface area contributed by atoms with Gasteiger partial charge in [-0.15, -0.1) is 0 Å². The van der Waals surface area contributed by atoms with E-state index in [0.717, 1.165) is 5.56 Å². The van der Waals surface area contributed by atoms with E-state index in [-0.39, 0.29) is 36.9 Å². The second-order valence-electron chi connectivity index (χ2n) is 5.85. The molecule has 0 unspecified atom stereocenters. The number of esters is 1. The molecule has 0 spiro atoms. The van der Waals surface area contributed by atoms with E-state index in [1.807, 2.05) is 30.3 Å². The number of aryl methyl sites for hydroxylation is 1. The zero-order valence-corrected chi connectivity index (χ0v) is 16.0. The van der Waals surface area contributed by atoms with Crippen molar-refractivity contribution in [1.29, 1.82) is 0 Å². The van der Waals surface area contributed by atoms with Crippen LogP contribution in [0.4, 0.5) is 0 Å². The molecule has 0 aliphatic rings. The Bertz CT molecular complexity index is 859. The van der Waals surface area contributed by atoms with Gasteiger partial charge in [0.15, 0.2) is 0 Å². The van der Waals surface area contributed by atoms with Crippen LogP contribution in [0, 0.1) is 13.8 Å². The molecule has 2 N–H and O–H groups in total. The van der Waals surface area contributed by atoms with E-state index in [9.17, 15) is 18.3 Å². The molecule has 1 heterocycles. The lowest BCUT2D eigenvalue weighted by Crippen LogP contribution is -2.33. The van der Waals surface area contributed by atoms with Crippen LogP contribution >= 0.6 is 0 Å². The zero-order valence-electron chi connectivity index (χ0n) is 15.2. The van der Waals surface area contributed by atoms with Crippen LogP contribution in [-0.4, -0.2) is 48.5 Å². The smallest absolute Gasteiger partial charge is 0.355 e. The van der Waals surface area contributed by atoms with Crippen molar-refractivity contribution in [1.82, 2.24) is 9.29 Å². The maximum atomic E-state index is 13.2. The summed E-state index contributed by atoms with van der Waals surface area (Å²) in [6, 6.07) is 9.14. The molecule has 0 saturated heterocycles. The highest BCUT2D eigenvalue weighted by Crippen LogP contribution is 2.27. The summed E-state index contributed by atoms with van der Waals surface area (Å²) in [6.45, 7) is 4.83. The minimum absolute atomic E-state index is 0.0456. The number of H-pyrrole nitrogens is 1. The molecule has 0 aliphatic heterocycles. The van der Waals surface area contributed by atoms with Crippen molar-refractivity contribution in [2.45, 2.75) is 32.2 Å². The standard InChI is InChI=1S/C18H24N2O5S/c1-4-25-18(22)16-13(2)17(14(3)19-16)26(23,24)20(10-11-21)12-15-8-6-5-7-9-15/h5-9,19,21H,4,10-12H2,1-3H3. The third kappa shape index (κ3) is 4.14. The second kappa shape index (κ2) is 8.48. The number of aromatic amines is 1. The van der Waals surface area contributed by atoms with Crippen molar-refractivity contribution >= 4 is 16.0 Å². The molecule has 142 valence electrons. The Kier molecular flexibility index (Phi) is 6.57. The fourth-order valence-electron chi connectivity index (χ4n) is 2.84. The fraction of sp³-hybridized carbons (Fsp3) is 0.389. The average Bonchev–Trinajstić information content (AvgIpc) is 2.91. The first-order valence-electron chi connectivity index (χ1n) is 8.34. The van der Waals surface area contributed by atoms with Crippen molar-refractivity contribution in [3.05, 3.63) is 52.8 Å². The number of ether oxygens (including phenoxy) is 1. The molecule has 0 radical (unpaired) electrons. The number of nitrogens with one attached hydrogen (secondary N) is 1. The molecule has 2 aromatic rings. The van der Waals surface area contributed by atoms with Crippen molar-refractivity contribution in [3.8, 4) is 0 Å². The number of hydrogen-bond acceptors (Lipinski definition) is 5. The topological polar surface area (TPSA) is 99.7 Å². The van der Waals surface area contributed by atoms with Gasteiger partial charge in [-0.2, -0.15) is 4.31 Å². The predicted molar refractivity (Wildman–Crippen MR) is 97.3 cm³/mol. The predicted octanol–water partition coefficient (Wildman–Crippen LogP) is 1.99. The van der Waals surface area contributed by atoms with E-state index in [1.54, 1.807) is 20.8 Å². The Labute approximate surface area is 153 Å². The van der Waals surface area contributed by atoms with Gasteiger partial charge in [-0.05, 0) is 26.3 Å². The van der Waals surface area contributed by atoms with Crippen LogP contribution in [0.2, 0.25) is 0 Å². The molecule has 0 saturated carbocycles. The monoisotopic (exact) mass is 380 g/mol. The summed E-state index contributed by atoms with van der Waals surface area (Å²) in [4.78, 5) is 14.9. The number of rotatable bonds is 8. The van der Waals surface area contributed by atoms with Crippen LogP contribution in [-0.2, 0) is 21.3 Å². The SMILES string of the molecule is CCOC(=O)c1[nH]c(C)c(S(=O)(=O)N(CCO)Cc2ccccc2)c1C. The summed E-state index contributed by atoms with van der Waals surface area (Å²) < 4.78 is 32.6. The Morgan fingerprint density at radius 2 is 1.88 bits per heavy atom. The summed E-state index contributed by atoms with van der Waals surface area (Å²) in [6.07, 6.45) is 0. The minimum Gasteiger partial charge on any atom is -0.461 e. The molecular weight excluding hydrogens is 356 g/mol. The van der Waals surface area contributed by atoms with Gasteiger partial charge in [0.2, 0.25) is 10.0 Å². The summed E-state index contributed by atoms with van der Waals surface area (Å²) in [5, 5.41) is 9.34. The van der Waals surface area contributed by atoms with Gasteiger partial charge in [-0.3, -0.25) is 0 Å². The summed E-state index contributed by atoms with van der Waals surface area (Å²) in [5.74, 6) is -0.591. The Morgan fingerprint density at radius 3 is 2.46 bits per heavy atom. The van der Waals surface area contributed by atoms with Crippen LogP contribution in [0.3, 0.4) is 0 Å². The van der Waals surface area contributed by atoms with E-state index in [1.165, 1.54) is 4.31 Å². The number of aromatic nitrogens is 1. The number of benzene rings is 1. The highest BCUT2D eigenvalue weighted by Gasteiger charge is 2.32. The van der Waals surface area contributed by atoms with Gasteiger partial charge in [0.05, 0.1) is 13.2 Å². The summed E-state index contributed by atoms with van der Waals surface area (Å²) >= 11 is 0. The van der Waals surface area contributed by atoms with Crippen molar-refractivity contribution in [3.63, 3.8) is 0 Å². The Hall–Kier alpha value is -2.16. The third-order valence-corrected chi connectivity index (χ3v) is 6.12. The maximum Gasteiger partial charge on any atom is 0.355 e. The first-order valence-corrected chi connectivity index (χ1v) is 9.78. The first-order chi connectivity index (χ1) is 12.3. The van der Waals surface area contributed by atoms with Gasteiger partial charge in [0.1, 0.15) is 10.6 Å². The van der Waals surface area contributed by atoms with Gasteiger partial charge in [-0.25, -0.2) is 13.2 Å². The highest BCUT2D eigenvalue weighted by atomic mass is 32.2. The van der Waals surface area contributed by atoms with E-state index >= 15 is 0 Å². The molecule has 0 atom stereocenters. The third-order valence-electron chi connectivity index (χ3n) is 4.00. The summed E-state index contributed by atoms with van der Waals surface area (Å²) in [5.41, 5.74) is 1.62. The lowest BCUT2D eigenvalue weighted by Gasteiger charge is -2.22. The molecule has 7 nitrogen and oxygen atoms in total. The number of hydrogen-bond donors (Lipinski definition) is 2. The Morgan fingerprint density at radius 1 is 1.23 bits per heavy atom. The fourth-order valence-corrected chi connectivity index (χ4v) is 4.67. The zero-order chi connectivity index (χ0) is 19.3. The molecule has 0 fully saturated rings. The van der Waals surface area contributed by atoms with Gasteiger partial charge in [0.25, 0.3) is 0 Å². The van der Waals surface area contributed by atoms with Crippen molar-refractivity contribution in [2.75, 3.05) is 19.8 Å². The largest absolute Gasteiger partial charge is 0.461 e. The molecule has 2 rings (SSSR count). The Balaban J connectivity index is 2.44. The minimum atomic E-state index is -3.92. The maximum absolute atomic E-state index is 13.2. The normalized spacial score (nSPS) is 11.7. The molecule has 1 aromatic heterocycles. The van der Waals surface area contributed by atoms with Crippen LogP contribution in [0.25, 0.3) is 0 Å². The van der Waals surface area contributed by atoms with E-state index < -0.39 is 16.0 Å². The molecule has 0 amide bonds. The number of sulfonamides is 1. The van der Waals surface area contributed by atoms with Crippen LogP contribution < -0.4 is 0 Å². The highest BCUT2D eigenvalue weighted by molar-refractivity contribution is 7.89. The molecule has 26 heavy (non-hydrogen) atoms. The number of aliphatic hydroxyl groups excluding tert-OH is 1. The average molecular weight is 380 g/mol. The van der Waals surface area contributed by atoms with E-state index in [4.69, 9.17) is 4.74 Å². The summed E-state index contributed by atoms with van der Waals surface area (Å²) in [7, 11) is -3.92. The van der Waals surface area contributed by atoms with Crippen molar-refractivity contribution < 1.29 is 23.1 Å². The van der Waals surface area contributed by atoms with Crippen LogP contribution in [0.5, 0.6) is 0 Å². The first kappa shape index (κ1) is 20.2. The van der Waals surface area contributed by atoms with E-state index in [2.05, 4.69) is 4.98 Å². The lowest BCUT2D eigenvalue weighted by atomic mass is 10.2. The van der Waals surface area contributed by atoms with Gasteiger partial charge in [-0.1, -0.05) is 30.3 Å². The molecule has 8 heteroatoms. The number of carbonyl (C=O) groups is 1. The van der Waals surface area contributed by atoms with E-state index in [0.29, 0.717) is 11.3 Å².